The first-order valence-corrected chi connectivity index (χ1v) is 8.76. The number of aliphatic imine (C=N–C) groups is 1. The molecule has 0 spiro atoms. The van der Waals surface area contributed by atoms with Crippen LogP contribution in [0.3, 0.4) is 0 Å². The number of benzene rings is 2. The van der Waals surface area contributed by atoms with E-state index in [2.05, 4.69) is 10.3 Å². The number of ether oxygens (including phenoxy) is 2. The van der Waals surface area contributed by atoms with Crippen LogP contribution in [-0.4, -0.2) is 22.8 Å². The number of hydrogen-bond donors (Lipinski definition) is 1. The summed E-state index contributed by atoms with van der Waals surface area (Å²) in [6.07, 6.45) is 1.46. The van der Waals surface area contributed by atoms with Crippen LogP contribution in [0.15, 0.2) is 46.3 Å². The Labute approximate surface area is 158 Å². The summed E-state index contributed by atoms with van der Waals surface area (Å²) in [5, 5.41) is 14.5. The Balaban J connectivity index is 1.68. The minimum Gasteiger partial charge on any atom is -0.454 e. The number of carbonyl (C=O) groups is 1. The van der Waals surface area contributed by atoms with Gasteiger partial charge in [0.2, 0.25) is 6.79 Å². The van der Waals surface area contributed by atoms with E-state index >= 15 is 0 Å². The summed E-state index contributed by atoms with van der Waals surface area (Å²) >= 11 is 1.13. The topological polar surface area (TPSA) is 103 Å². The van der Waals surface area contributed by atoms with Crippen molar-refractivity contribution in [1.82, 2.24) is 5.32 Å². The van der Waals surface area contributed by atoms with Gasteiger partial charge in [0.05, 0.1) is 27.1 Å². The number of nitrogens with one attached hydrogen (secondary N) is 1. The van der Waals surface area contributed by atoms with Gasteiger partial charge in [0.1, 0.15) is 0 Å². The third-order valence-electron chi connectivity index (χ3n) is 3.99. The van der Waals surface area contributed by atoms with Crippen molar-refractivity contribution < 1.29 is 19.2 Å². The predicted molar refractivity (Wildman–Crippen MR) is 101 cm³/mol. The van der Waals surface area contributed by atoms with Crippen molar-refractivity contribution in [2.45, 2.75) is 6.92 Å². The lowest BCUT2D eigenvalue weighted by molar-refractivity contribution is -0.385. The van der Waals surface area contributed by atoms with Crippen molar-refractivity contribution in [2.75, 3.05) is 6.79 Å². The van der Waals surface area contributed by atoms with Crippen LogP contribution < -0.4 is 14.8 Å². The van der Waals surface area contributed by atoms with E-state index < -0.39 is 4.92 Å². The molecule has 0 radical (unpaired) electrons. The molecule has 0 bridgehead atoms. The molecule has 0 saturated carbocycles. The monoisotopic (exact) mass is 383 g/mol. The molecule has 2 aliphatic rings. The van der Waals surface area contributed by atoms with Gasteiger partial charge in [-0.1, -0.05) is 18.2 Å². The number of para-hydroxylation sites is 1. The second-order valence-electron chi connectivity index (χ2n) is 5.79. The average molecular weight is 383 g/mol. The number of thioether (sulfide) groups is 1. The van der Waals surface area contributed by atoms with Crippen LogP contribution in [0.4, 0.5) is 11.4 Å². The number of amides is 1. The van der Waals surface area contributed by atoms with Crippen LogP contribution in [0, 0.1) is 17.0 Å². The number of nitro groups is 1. The number of nitro benzene ring substituents is 1. The molecule has 4 rings (SSSR count). The van der Waals surface area contributed by atoms with Gasteiger partial charge in [-0.15, -0.1) is 0 Å². The van der Waals surface area contributed by atoms with E-state index in [1.165, 1.54) is 18.2 Å². The average Bonchev–Trinajstić information content (AvgIpc) is 3.22. The number of aryl methyl sites for hydroxylation is 1. The minimum absolute atomic E-state index is 0.00891. The summed E-state index contributed by atoms with van der Waals surface area (Å²) in [6, 6.07) is 10.3. The van der Waals surface area contributed by atoms with Crippen LogP contribution in [0.1, 0.15) is 11.1 Å². The van der Waals surface area contributed by atoms with Crippen molar-refractivity contribution in [3.05, 3.63) is 62.5 Å². The van der Waals surface area contributed by atoms with Crippen molar-refractivity contribution in [2.24, 2.45) is 4.99 Å². The fourth-order valence-electron chi connectivity index (χ4n) is 2.64. The third-order valence-corrected chi connectivity index (χ3v) is 4.90. The summed E-state index contributed by atoms with van der Waals surface area (Å²) in [7, 11) is 0. The molecular weight excluding hydrogens is 370 g/mol. The van der Waals surface area contributed by atoms with E-state index in [-0.39, 0.29) is 24.0 Å². The van der Waals surface area contributed by atoms with E-state index in [0.717, 1.165) is 23.0 Å². The smallest absolute Gasteiger partial charge is 0.280 e. The fraction of sp³-hybridized carbons (Fsp3) is 0.111. The highest BCUT2D eigenvalue weighted by Crippen LogP contribution is 2.40. The van der Waals surface area contributed by atoms with Crippen molar-refractivity contribution in [3.8, 4) is 11.5 Å². The zero-order chi connectivity index (χ0) is 19.0. The standard InChI is InChI=1S/C18H13N3O5S/c1-10-4-2-3-5-12(10)19-18-20-17(22)16(27-18)7-11-6-14-15(26-9-25-14)8-13(11)21(23)24/h2-8H,9H2,1H3,(H,19,20,22)/b16-7-. The highest BCUT2D eigenvalue weighted by atomic mass is 32.2. The number of amidine groups is 1. The van der Waals surface area contributed by atoms with Crippen LogP contribution in [0.5, 0.6) is 11.5 Å². The number of rotatable bonds is 3. The van der Waals surface area contributed by atoms with Gasteiger partial charge < -0.3 is 14.8 Å². The van der Waals surface area contributed by atoms with Crippen molar-refractivity contribution in [3.63, 3.8) is 0 Å². The first-order chi connectivity index (χ1) is 13.0. The molecule has 0 aliphatic carbocycles. The molecule has 136 valence electrons. The van der Waals surface area contributed by atoms with Gasteiger partial charge in [-0.05, 0) is 42.5 Å². The maximum Gasteiger partial charge on any atom is 0.280 e. The summed E-state index contributed by atoms with van der Waals surface area (Å²) in [5.74, 6) is 0.359. The molecule has 2 aromatic carbocycles. The summed E-state index contributed by atoms with van der Waals surface area (Å²) in [4.78, 5) is 27.9. The van der Waals surface area contributed by atoms with Gasteiger partial charge in [0, 0.05) is 0 Å². The first kappa shape index (κ1) is 17.1. The molecule has 27 heavy (non-hydrogen) atoms. The number of fused-ring (bicyclic) bond motifs is 1. The number of hydrogen-bond acceptors (Lipinski definition) is 7. The number of carbonyl (C=O) groups excluding carboxylic acids is 1. The fourth-order valence-corrected chi connectivity index (χ4v) is 3.47. The molecule has 2 heterocycles. The molecule has 2 aliphatic heterocycles. The molecule has 1 amide bonds. The first-order valence-electron chi connectivity index (χ1n) is 7.94. The Morgan fingerprint density at radius 1 is 1.26 bits per heavy atom. The van der Waals surface area contributed by atoms with Crippen molar-refractivity contribution >= 4 is 40.3 Å². The van der Waals surface area contributed by atoms with E-state index in [1.807, 2.05) is 31.2 Å². The Morgan fingerprint density at radius 3 is 2.74 bits per heavy atom. The van der Waals surface area contributed by atoms with Gasteiger partial charge in [0.25, 0.3) is 11.6 Å². The third kappa shape index (κ3) is 3.36. The second-order valence-corrected chi connectivity index (χ2v) is 6.82. The second kappa shape index (κ2) is 6.76. The molecule has 2 aromatic rings. The zero-order valence-electron chi connectivity index (χ0n) is 14.1. The van der Waals surface area contributed by atoms with Crippen LogP contribution >= 0.6 is 11.8 Å². The maximum absolute atomic E-state index is 12.3. The molecule has 0 atom stereocenters. The van der Waals surface area contributed by atoms with Gasteiger partial charge >= 0.3 is 0 Å². The Morgan fingerprint density at radius 2 is 2.00 bits per heavy atom. The Hall–Kier alpha value is -3.33. The lowest BCUT2D eigenvalue weighted by Gasteiger charge is -2.01. The minimum atomic E-state index is -0.520. The molecule has 1 N–H and O–H groups in total. The lowest BCUT2D eigenvalue weighted by Crippen LogP contribution is -2.19. The highest BCUT2D eigenvalue weighted by molar-refractivity contribution is 8.18. The molecule has 8 nitrogen and oxygen atoms in total. The van der Waals surface area contributed by atoms with Gasteiger partial charge in [-0.2, -0.15) is 0 Å². The van der Waals surface area contributed by atoms with Gasteiger partial charge in [-0.3, -0.25) is 14.9 Å². The van der Waals surface area contributed by atoms with E-state index in [4.69, 9.17) is 9.47 Å². The quantitative estimate of drug-likeness (QED) is 0.494. The molecular formula is C18H13N3O5S. The molecule has 9 heteroatoms. The molecule has 1 fully saturated rings. The van der Waals surface area contributed by atoms with Gasteiger partial charge in [-0.25, -0.2) is 4.99 Å². The summed E-state index contributed by atoms with van der Waals surface area (Å²) in [6.45, 7) is 1.93. The zero-order valence-corrected chi connectivity index (χ0v) is 14.9. The largest absolute Gasteiger partial charge is 0.454 e. The maximum atomic E-state index is 12.3. The SMILES string of the molecule is Cc1ccccc1N=C1NC(=O)/C(=C/c2cc3c(cc2[N+](=O)[O-])OCO3)S1. The van der Waals surface area contributed by atoms with Crippen LogP contribution in [0.2, 0.25) is 0 Å². The summed E-state index contributed by atoms with van der Waals surface area (Å²) in [5.41, 5.74) is 1.82. The Bertz CT molecular complexity index is 1030. The van der Waals surface area contributed by atoms with E-state index in [0.29, 0.717) is 21.6 Å². The Kier molecular flexibility index (Phi) is 4.28. The van der Waals surface area contributed by atoms with Crippen molar-refractivity contribution in [1.29, 1.82) is 0 Å². The normalized spacial score (nSPS) is 18.2. The van der Waals surface area contributed by atoms with Crippen LogP contribution in [-0.2, 0) is 4.79 Å². The van der Waals surface area contributed by atoms with Gasteiger partial charge in [0.15, 0.2) is 16.7 Å². The van der Waals surface area contributed by atoms with E-state index in [9.17, 15) is 14.9 Å². The molecule has 0 aromatic heterocycles. The summed E-state index contributed by atoms with van der Waals surface area (Å²) < 4.78 is 10.5. The van der Waals surface area contributed by atoms with Crippen LogP contribution in [0.25, 0.3) is 6.08 Å². The number of nitrogens with zero attached hydrogens (tertiary/aromatic N) is 2. The highest BCUT2D eigenvalue weighted by Gasteiger charge is 2.27. The van der Waals surface area contributed by atoms with E-state index in [1.54, 1.807) is 0 Å². The predicted octanol–water partition coefficient (Wildman–Crippen LogP) is 3.52. The molecule has 0 unspecified atom stereocenters. The molecule has 1 saturated heterocycles. The lowest BCUT2D eigenvalue weighted by atomic mass is 10.1.